The van der Waals surface area contributed by atoms with E-state index < -0.39 is 6.10 Å². The quantitative estimate of drug-likeness (QED) is 0.723. The molecule has 3 nitrogen and oxygen atoms in total. The first-order valence-corrected chi connectivity index (χ1v) is 5.82. The van der Waals surface area contributed by atoms with Gasteiger partial charge < -0.3 is 15.6 Å². The molecule has 0 bridgehead atoms. The van der Waals surface area contributed by atoms with E-state index in [0.717, 1.165) is 12.8 Å². The van der Waals surface area contributed by atoms with Gasteiger partial charge in [-0.05, 0) is 12.8 Å². The molecule has 0 radical (unpaired) electrons. The lowest BCUT2D eigenvalue weighted by Gasteiger charge is -2.21. The average Bonchev–Trinajstić information content (AvgIpc) is 2.15. The summed E-state index contributed by atoms with van der Waals surface area (Å²) >= 11 is 0. The van der Waals surface area contributed by atoms with Gasteiger partial charge in [-0.2, -0.15) is 0 Å². The number of aliphatic hydroxyl groups excluding tert-OH is 1. The Morgan fingerprint density at radius 2 is 1.71 bits per heavy atom. The third-order valence-electron chi connectivity index (χ3n) is 2.85. The van der Waals surface area contributed by atoms with Crippen molar-refractivity contribution < 1.29 is 9.84 Å². The summed E-state index contributed by atoms with van der Waals surface area (Å²) in [4.78, 5) is 0. The minimum absolute atomic E-state index is 0.298. The number of hydrogen-bond acceptors (Lipinski definition) is 3. The zero-order valence-corrected chi connectivity index (χ0v) is 8.95. The number of aliphatic hydroxyl groups is 1. The van der Waals surface area contributed by atoms with Crippen molar-refractivity contribution in [2.75, 3.05) is 13.2 Å². The van der Waals surface area contributed by atoms with Gasteiger partial charge in [-0.3, -0.25) is 0 Å². The molecule has 1 unspecified atom stereocenters. The fraction of sp³-hybridized carbons (Fsp3) is 1.00. The SMILES string of the molecule is NCC(O)COC1CCCCCCC1. The normalized spacial score (nSPS) is 22.7. The Morgan fingerprint density at radius 3 is 2.29 bits per heavy atom. The molecule has 0 aromatic rings. The van der Waals surface area contributed by atoms with Crippen molar-refractivity contribution in [3.05, 3.63) is 0 Å². The molecule has 0 aromatic carbocycles. The van der Waals surface area contributed by atoms with E-state index in [-0.39, 0.29) is 0 Å². The molecule has 0 aliphatic heterocycles. The van der Waals surface area contributed by atoms with Crippen LogP contribution in [0.2, 0.25) is 0 Å². The first kappa shape index (κ1) is 12.0. The molecule has 1 atom stereocenters. The standard InChI is InChI=1S/C11H23NO2/c12-8-10(13)9-14-11-6-4-2-1-3-5-7-11/h10-11,13H,1-9,12H2. The van der Waals surface area contributed by atoms with E-state index in [1.807, 2.05) is 0 Å². The van der Waals surface area contributed by atoms with Crippen molar-refractivity contribution in [2.45, 2.75) is 57.2 Å². The van der Waals surface area contributed by atoms with Crippen LogP contribution in [0, 0.1) is 0 Å². The summed E-state index contributed by atoms with van der Waals surface area (Å²) in [7, 11) is 0. The van der Waals surface area contributed by atoms with Crippen LogP contribution in [-0.4, -0.2) is 30.5 Å². The van der Waals surface area contributed by atoms with Gasteiger partial charge in [0.05, 0.1) is 18.8 Å². The van der Waals surface area contributed by atoms with Crippen LogP contribution in [0.5, 0.6) is 0 Å². The lowest BCUT2D eigenvalue weighted by molar-refractivity contribution is -0.0161. The molecule has 1 rings (SSSR count). The van der Waals surface area contributed by atoms with Crippen LogP contribution in [0.1, 0.15) is 44.9 Å². The maximum atomic E-state index is 9.26. The molecule has 0 saturated heterocycles. The second-order valence-electron chi connectivity index (χ2n) is 4.19. The Bertz CT molecular complexity index is 133. The van der Waals surface area contributed by atoms with Crippen molar-refractivity contribution in [1.29, 1.82) is 0 Å². The Balaban J connectivity index is 2.13. The van der Waals surface area contributed by atoms with E-state index in [9.17, 15) is 5.11 Å². The van der Waals surface area contributed by atoms with E-state index in [1.165, 1.54) is 32.1 Å². The molecule has 3 N–H and O–H groups in total. The van der Waals surface area contributed by atoms with Crippen LogP contribution >= 0.6 is 0 Å². The predicted octanol–water partition coefficient (Wildman–Crippen LogP) is 1.44. The summed E-state index contributed by atoms with van der Waals surface area (Å²) in [5.41, 5.74) is 5.31. The number of nitrogens with two attached hydrogens (primary N) is 1. The number of rotatable bonds is 4. The van der Waals surface area contributed by atoms with Gasteiger partial charge in [0, 0.05) is 6.54 Å². The molecule has 84 valence electrons. The summed E-state index contributed by atoms with van der Waals surface area (Å²) in [6, 6.07) is 0. The highest BCUT2D eigenvalue weighted by atomic mass is 16.5. The second-order valence-corrected chi connectivity index (χ2v) is 4.19. The Morgan fingerprint density at radius 1 is 1.14 bits per heavy atom. The van der Waals surface area contributed by atoms with Gasteiger partial charge in [-0.1, -0.05) is 32.1 Å². The van der Waals surface area contributed by atoms with Gasteiger partial charge in [0.15, 0.2) is 0 Å². The van der Waals surface area contributed by atoms with Gasteiger partial charge in [-0.25, -0.2) is 0 Å². The molecule has 1 aliphatic carbocycles. The Labute approximate surface area is 86.6 Å². The summed E-state index contributed by atoms with van der Waals surface area (Å²) in [6.07, 6.45) is 8.75. The molecule has 1 saturated carbocycles. The van der Waals surface area contributed by atoms with Gasteiger partial charge >= 0.3 is 0 Å². The lowest BCUT2D eigenvalue weighted by Crippen LogP contribution is -2.28. The fourth-order valence-electron chi connectivity index (χ4n) is 1.90. The zero-order chi connectivity index (χ0) is 10.2. The first-order chi connectivity index (χ1) is 6.83. The van der Waals surface area contributed by atoms with Crippen LogP contribution in [0.4, 0.5) is 0 Å². The summed E-state index contributed by atoms with van der Waals surface area (Å²) in [5.74, 6) is 0. The maximum absolute atomic E-state index is 9.26. The highest BCUT2D eigenvalue weighted by molar-refractivity contribution is 4.64. The smallest absolute Gasteiger partial charge is 0.0895 e. The molecular weight excluding hydrogens is 178 g/mol. The summed E-state index contributed by atoms with van der Waals surface area (Å²) < 4.78 is 5.64. The maximum Gasteiger partial charge on any atom is 0.0895 e. The van der Waals surface area contributed by atoms with E-state index >= 15 is 0 Å². The van der Waals surface area contributed by atoms with E-state index in [1.54, 1.807) is 0 Å². The van der Waals surface area contributed by atoms with Crippen molar-refractivity contribution in [3.8, 4) is 0 Å². The fourth-order valence-corrected chi connectivity index (χ4v) is 1.90. The Kier molecular flexibility index (Phi) is 6.15. The van der Waals surface area contributed by atoms with Gasteiger partial charge in [-0.15, -0.1) is 0 Å². The molecule has 0 aromatic heterocycles. The van der Waals surface area contributed by atoms with Crippen molar-refractivity contribution in [3.63, 3.8) is 0 Å². The number of ether oxygens (including phenoxy) is 1. The number of hydrogen-bond donors (Lipinski definition) is 2. The third kappa shape index (κ3) is 4.94. The van der Waals surface area contributed by atoms with Gasteiger partial charge in [0.25, 0.3) is 0 Å². The van der Waals surface area contributed by atoms with Crippen molar-refractivity contribution in [2.24, 2.45) is 5.73 Å². The topological polar surface area (TPSA) is 55.5 Å². The van der Waals surface area contributed by atoms with E-state index in [0.29, 0.717) is 19.3 Å². The molecule has 14 heavy (non-hydrogen) atoms. The van der Waals surface area contributed by atoms with Crippen LogP contribution < -0.4 is 5.73 Å². The van der Waals surface area contributed by atoms with Crippen molar-refractivity contribution >= 4 is 0 Å². The zero-order valence-electron chi connectivity index (χ0n) is 8.95. The van der Waals surface area contributed by atoms with Crippen molar-refractivity contribution in [1.82, 2.24) is 0 Å². The van der Waals surface area contributed by atoms with Crippen LogP contribution in [0.15, 0.2) is 0 Å². The molecule has 1 fully saturated rings. The van der Waals surface area contributed by atoms with Gasteiger partial charge in [0.2, 0.25) is 0 Å². The highest BCUT2D eigenvalue weighted by Gasteiger charge is 2.12. The average molecular weight is 201 g/mol. The predicted molar refractivity (Wildman–Crippen MR) is 57.1 cm³/mol. The minimum Gasteiger partial charge on any atom is -0.389 e. The molecule has 0 spiro atoms. The summed E-state index contributed by atoms with van der Waals surface area (Å²) in [5, 5.41) is 9.26. The second kappa shape index (κ2) is 7.21. The van der Waals surface area contributed by atoms with E-state index in [4.69, 9.17) is 10.5 Å². The Hall–Kier alpha value is -0.120. The van der Waals surface area contributed by atoms with Gasteiger partial charge in [0.1, 0.15) is 0 Å². The largest absolute Gasteiger partial charge is 0.389 e. The molecule has 1 aliphatic rings. The highest BCUT2D eigenvalue weighted by Crippen LogP contribution is 2.19. The minimum atomic E-state index is -0.486. The molecule has 0 heterocycles. The molecular formula is C11H23NO2. The molecule has 0 amide bonds. The first-order valence-electron chi connectivity index (χ1n) is 5.82. The molecule has 3 heteroatoms. The van der Waals surface area contributed by atoms with Crippen LogP contribution in [-0.2, 0) is 4.74 Å². The van der Waals surface area contributed by atoms with E-state index in [2.05, 4.69) is 0 Å². The van der Waals surface area contributed by atoms with Crippen LogP contribution in [0.3, 0.4) is 0 Å². The monoisotopic (exact) mass is 201 g/mol. The summed E-state index contributed by atoms with van der Waals surface area (Å²) in [6.45, 7) is 0.702. The van der Waals surface area contributed by atoms with Crippen LogP contribution in [0.25, 0.3) is 0 Å². The third-order valence-corrected chi connectivity index (χ3v) is 2.85. The lowest BCUT2D eigenvalue weighted by atomic mass is 9.98.